The highest BCUT2D eigenvalue weighted by Gasteiger charge is 2.20. The highest BCUT2D eigenvalue weighted by atomic mass is 19.2. The van der Waals surface area contributed by atoms with Crippen molar-refractivity contribution in [2.24, 2.45) is 0 Å². The summed E-state index contributed by atoms with van der Waals surface area (Å²) in [7, 11) is 1.17. The molecule has 0 heterocycles. The molecule has 24 heavy (non-hydrogen) atoms. The van der Waals surface area contributed by atoms with Crippen molar-refractivity contribution in [2.45, 2.75) is 6.54 Å². The van der Waals surface area contributed by atoms with Gasteiger partial charge in [0, 0.05) is 12.1 Å². The van der Waals surface area contributed by atoms with Gasteiger partial charge >= 0.3 is 5.97 Å². The Morgan fingerprint density at radius 2 is 1.67 bits per heavy atom. The third-order valence-corrected chi connectivity index (χ3v) is 3.28. The molecule has 0 unspecified atom stereocenters. The molecule has 1 amide bonds. The molecule has 0 saturated carbocycles. The van der Waals surface area contributed by atoms with Gasteiger partial charge in [-0.25, -0.2) is 13.2 Å². The first-order valence-electron chi connectivity index (χ1n) is 6.96. The van der Waals surface area contributed by atoms with Gasteiger partial charge in [0.25, 0.3) is 5.91 Å². The van der Waals surface area contributed by atoms with E-state index in [1.54, 1.807) is 0 Å². The zero-order valence-electron chi connectivity index (χ0n) is 12.8. The zero-order chi connectivity index (χ0) is 17.7. The highest BCUT2D eigenvalue weighted by molar-refractivity contribution is 5.95. The van der Waals surface area contributed by atoms with Gasteiger partial charge in [-0.05, 0) is 42.0 Å². The number of rotatable bonds is 5. The fraction of sp³-hybridized carbons (Fsp3) is 0.176. The second-order valence-electron chi connectivity index (χ2n) is 4.99. The number of hydrogen-bond acceptors (Lipinski definition) is 3. The van der Waals surface area contributed by atoms with Gasteiger partial charge in [0.2, 0.25) is 0 Å². The molecule has 0 aromatic heterocycles. The number of esters is 1. The van der Waals surface area contributed by atoms with Gasteiger partial charge < -0.3 is 9.64 Å². The molecular formula is C17H14F3NO3. The van der Waals surface area contributed by atoms with Crippen molar-refractivity contribution in [2.75, 3.05) is 13.7 Å². The Balaban J connectivity index is 2.26. The largest absolute Gasteiger partial charge is 0.468 e. The summed E-state index contributed by atoms with van der Waals surface area (Å²) in [5.41, 5.74) is 0.455. The fourth-order valence-electron chi connectivity index (χ4n) is 2.05. The molecule has 2 rings (SSSR count). The van der Waals surface area contributed by atoms with Crippen LogP contribution in [0.4, 0.5) is 13.2 Å². The molecule has 0 fully saturated rings. The second kappa shape index (κ2) is 7.63. The van der Waals surface area contributed by atoms with Crippen LogP contribution in [-0.4, -0.2) is 30.4 Å². The van der Waals surface area contributed by atoms with Gasteiger partial charge in [-0.15, -0.1) is 0 Å². The van der Waals surface area contributed by atoms with Crippen LogP contribution < -0.4 is 0 Å². The van der Waals surface area contributed by atoms with Gasteiger partial charge in [0.05, 0.1) is 7.11 Å². The van der Waals surface area contributed by atoms with E-state index in [-0.39, 0.29) is 18.7 Å². The minimum absolute atomic E-state index is 0.136. The van der Waals surface area contributed by atoms with E-state index in [0.717, 1.165) is 29.2 Å². The molecule has 0 radical (unpaired) electrons. The summed E-state index contributed by atoms with van der Waals surface area (Å²) in [4.78, 5) is 25.1. The van der Waals surface area contributed by atoms with Gasteiger partial charge in [0.1, 0.15) is 12.4 Å². The number of methoxy groups -OCH3 is 1. The summed E-state index contributed by atoms with van der Waals surface area (Å²) in [6.45, 7) is -0.520. The first-order valence-corrected chi connectivity index (χ1v) is 6.96. The molecule has 0 atom stereocenters. The number of amides is 1. The van der Waals surface area contributed by atoms with E-state index >= 15 is 0 Å². The van der Waals surface area contributed by atoms with Crippen molar-refractivity contribution in [1.82, 2.24) is 4.90 Å². The maximum atomic E-state index is 13.3. The molecule has 0 aliphatic rings. The van der Waals surface area contributed by atoms with E-state index in [4.69, 9.17) is 0 Å². The topological polar surface area (TPSA) is 46.6 Å². The summed E-state index contributed by atoms with van der Waals surface area (Å²) in [6.07, 6.45) is 0. The van der Waals surface area contributed by atoms with Crippen LogP contribution in [-0.2, 0) is 16.1 Å². The molecule has 0 aliphatic heterocycles. The Bertz CT molecular complexity index is 747. The first kappa shape index (κ1) is 17.5. The van der Waals surface area contributed by atoms with Crippen LogP contribution in [0.1, 0.15) is 15.9 Å². The Morgan fingerprint density at radius 1 is 1.00 bits per heavy atom. The van der Waals surface area contributed by atoms with Gasteiger partial charge in [-0.2, -0.15) is 0 Å². The molecule has 0 saturated heterocycles. The number of carbonyl (C=O) groups excluding carboxylic acids is 2. The Hall–Kier alpha value is -2.83. The lowest BCUT2D eigenvalue weighted by Crippen LogP contribution is -2.35. The monoisotopic (exact) mass is 337 g/mol. The van der Waals surface area contributed by atoms with Crippen LogP contribution in [0.15, 0.2) is 42.5 Å². The van der Waals surface area contributed by atoms with E-state index < -0.39 is 29.3 Å². The Kier molecular flexibility index (Phi) is 5.57. The van der Waals surface area contributed by atoms with Crippen molar-refractivity contribution in [1.29, 1.82) is 0 Å². The van der Waals surface area contributed by atoms with Gasteiger partial charge in [-0.1, -0.05) is 6.07 Å². The van der Waals surface area contributed by atoms with Crippen molar-refractivity contribution in [3.63, 3.8) is 0 Å². The highest BCUT2D eigenvalue weighted by Crippen LogP contribution is 2.14. The lowest BCUT2D eigenvalue weighted by atomic mass is 10.1. The van der Waals surface area contributed by atoms with Crippen LogP contribution >= 0.6 is 0 Å². The molecule has 4 nitrogen and oxygen atoms in total. The molecule has 2 aromatic rings. The number of carbonyl (C=O) groups is 2. The standard InChI is InChI=1S/C17H14F3NO3/c1-24-16(22)10-21(9-11-2-7-14(19)15(20)8-11)17(23)12-3-5-13(18)6-4-12/h2-8H,9-10H2,1H3. The average Bonchev–Trinajstić information content (AvgIpc) is 2.57. The summed E-state index contributed by atoms with van der Waals surface area (Å²) >= 11 is 0. The second-order valence-corrected chi connectivity index (χ2v) is 4.99. The molecule has 0 spiro atoms. The number of ether oxygens (including phenoxy) is 1. The fourth-order valence-corrected chi connectivity index (χ4v) is 2.05. The van der Waals surface area contributed by atoms with Crippen LogP contribution in [0.2, 0.25) is 0 Å². The predicted molar refractivity (Wildman–Crippen MR) is 79.5 cm³/mol. The van der Waals surface area contributed by atoms with Crippen LogP contribution in [0.3, 0.4) is 0 Å². The number of halogens is 3. The van der Waals surface area contributed by atoms with E-state index in [1.165, 1.54) is 25.3 Å². The number of nitrogens with zero attached hydrogens (tertiary/aromatic N) is 1. The molecule has 126 valence electrons. The molecule has 0 N–H and O–H groups in total. The third-order valence-electron chi connectivity index (χ3n) is 3.28. The molecular weight excluding hydrogens is 323 g/mol. The summed E-state index contributed by atoms with van der Waals surface area (Å²) in [5, 5.41) is 0. The minimum atomic E-state index is -1.06. The maximum absolute atomic E-state index is 13.3. The molecule has 0 bridgehead atoms. The van der Waals surface area contributed by atoms with E-state index in [2.05, 4.69) is 4.74 Å². The van der Waals surface area contributed by atoms with Crippen LogP contribution in [0.5, 0.6) is 0 Å². The van der Waals surface area contributed by atoms with Crippen LogP contribution in [0, 0.1) is 17.5 Å². The van der Waals surface area contributed by atoms with Gasteiger partial charge in [0.15, 0.2) is 11.6 Å². The quantitative estimate of drug-likeness (QED) is 0.788. The smallest absolute Gasteiger partial charge is 0.325 e. The average molecular weight is 337 g/mol. The summed E-state index contributed by atoms with van der Waals surface area (Å²) in [6, 6.07) is 7.95. The predicted octanol–water partition coefficient (Wildman–Crippen LogP) is 2.92. The van der Waals surface area contributed by atoms with E-state index in [9.17, 15) is 22.8 Å². The van der Waals surface area contributed by atoms with Crippen molar-refractivity contribution < 1.29 is 27.5 Å². The third kappa shape index (κ3) is 4.34. The molecule has 2 aromatic carbocycles. The number of benzene rings is 2. The normalized spacial score (nSPS) is 10.3. The summed E-state index contributed by atoms with van der Waals surface area (Å²) < 4.78 is 43.8. The Labute approximate surface area is 136 Å². The van der Waals surface area contributed by atoms with Crippen molar-refractivity contribution in [3.8, 4) is 0 Å². The van der Waals surface area contributed by atoms with E-state index in [1.807, 2.05) is 0 Å². The van der Waals surface area contributed by atoms with E-state index in [0.29, 0.717) is 5.56 Å². The number of hydrogen-bond donors (Lipinski definition) is 0. The van der Waals surface area contributed by atoms with Crippen molar-refractivity contribution in [3.05, 3.63) is 71.0 Å². The first-order chi connectivity index (χ1) is 11.4. The maximum Gasteiger partial charge on any atom is 0.325 e. The minimum Gasteiger partial charge on any atom is -0.468 e. The van der Waals surface area contributed by atoms with Gasteiger partial charge in [-0.3, -0.25) is 9.59 Å². The lowest BCUT2D eigenvalue weighted by molar-refractivity contribution is -0.141. The van der Waals surface area contributed by atoms with Crippen molar-refractivity contribution >= 4 is 11.9 Å². The lowest BCUT2D eigenvalue weighted by Gasteiger charge is -2.21. The summed E-state index contributed by atoms with van der Waals surface area (Å²) in [5.74, 6) is -3.81. The molecule has 7 heteroatoms. The SMILES string of the molecule is COC(=O)CN(Cc1ccc(F)c(F)c1)C(=O)c1ccc(F)cc1. The van der Waals surface area contributed by atoms with Crippen LogP contribution in [0.25, 0.3) is 0 Å². The Morgan fingerprint density at radius 3 is 2.25 bits per heavy atom. The molecule has 0 aliphatic carbocycles. The zero-order valence-corrected chi connectivity index (χ0v) is 12.8.